The van der Waals surface area contributed by atoms with Gasteiger partial charge in [0, 0.05) is 27.9 Å². The Balaban J connectivity index is 2.05. The van der Waals surface area contributed by atoms with Gasteiger partial charge < -0.3 is 23.7 Å². The highest BCUT2D eigenvalue weighted by atomic mass is 16.7. The van der Waals surface area contributed by atoms with Crippen LogP contribution in [0.25, 0.3) is 0 Å². The average molecular weight is 449 g/mol. The molecule has 0 aromatic heterocycles. The fourth-order valence-corrected chi connectivity index (χ4v) is 3.83. The normalized spacial score (nSPS) is 27.0. The van der Waals surface area contributed by atoms with E-state index in [2.05, 4.69) is 0 Å². The van der Waals surface area contributed by atoms with Crippen molar-refractivity contribution in [1.82, 2.24) is 4.90 Å². The fraction of sp³-hybridized carbons (Fsp3) is 0.476. The lowest BCUT2D eigenvalue weighted by atomic mass is 9.94. The molecule has 5 atom stereocenters. The van der Waals surface area contributed by atoms with E-state index in [1.807, 2.05) is 0 Å². The molecule has 3 rings (SSSR count). The minimum Gasteiger partial charge on any atom is -0.463 e. The van der Waals surface area contributed by atoms with Crippen molar-refractivity contribution in [1.29, 1.82) is 0 Å². The quantitative estimate of drug-likeness (QED) is 0.342. The van der Waals surface area contributed by atoms with Crippen LogP contribution in [-0.2, 0) is 38.1 Å². The molecule has 1 aromatic rings. The Morgan fingerprint density at radius 3 is 1.91 bits per heavy atom. The second-order valence-corrected chi connectivity index (χ2v) is 7.25. The van der Waals surface area contributed by atoms with Crippen LogP contribution in [0.2, 0.25) is 0 Å². The van der Waals surface area contributed by atoms with Gasteiger partial charge in [0.15, 0.2) is 18.5 Å². The highest BCUT2D eigenvalue weighted by Gasteiger charge is 2.57. The van der Waals surface area contributed by atoms with Gasteiger partial charge in [-0.3, -0.25) is 28.9 Å². The van der Waals surface area contributed by atoms with Crippen molar-refractivity contribution in [3.63, 3.8) is 0 Å². The highest BCUT2D eigenvalue weighted by Crippen LogP contribution is 2.35. The molecule has 172 valence electrons. The van der Waals surface area contributed by atoms with E-state index in [1.54, 1.807) is 12.1 Å². The molecule has 1 fully saturated rings. The second kappa shape index (κ2) is 9.45. The molecule has 0 aliphatic carbocycles. The number of carbonyl (C=O) groups excluding carboxylic acids is 5. The molecular weight excluding hydrogens is 426 g/mol. The minimum absolute atomic E-state index is 0.167. The lowest BCUT2D eigenvalue weighted by Gasteiger charge is -2.46. The summed E-state index contributed by atoms with van der Waals surface area (Å²) >= 11 is 0. The number of benzene rings is 1. The van der Waals surface area contributed by atoms with E-state index in [0.29, 0.717) is 0 Å². The molecule has 2 aliphatic heterocycles. The molecular formula is C21H23NO10. The van der Waals surface area contributed by atoms with Crippen LogP contribution in [0.15, 0.2) is 24.3 Å². The predicted octanol–water partition coefficient (Wildman–Crippen LogP) is 0.449. The van der Waals surface area contributed by atoms with Crippen molar-refractivity contribution >= 4 is 29.7 Å². The van der Waals surface area contributed by atoms with Gasteiger partial charge in [0.25, 0.3) is 11.8 Å². The molecule has 1 aromatic carbocycles. The fourth-order valence-electron chi connectivity index (χ4n) is 3.83. The number of hydrogen-bond donors (Lipinski definition) is 0. The highest BCUT2D eigenvalue weighted by molar-refractivity contribution is 6.21. The zero-order valence-electron chi connectivity index (χ0n) is 17.9. The number of esters is 3. The first-order chi connectivity index (χ1) is 15.1. The van der Waals surface area contributed by atoms with E-state index < -0.39 is 60.4 Å². The number of rotatable bonds is 6. The standard InChI is InChI=1S/C21H23NO10/c1-10(23)29-9-15-17(30-11(2)24)18(31-12(3)25)16(21(28-4)32-15)22-19(26)13-7-5-6-8-14(13)20(22)27/h5-8,15-18,21H,9H2,1-4H3/t15-,16-,17-,18-,21-/m0/s1. The summed E-state index contributed by atoms with van der Waals surface area (Å²) < 4.78 is 27.0. The zero-order chi connectivity index (χ0) is 23.6. The summed E-state index contributed by atoms with van der Waals surface area (Å²) in [5, 5.41) is 0. The van der Waals surface area contributed by atoms with Crippen LogP contribution < -0.4 is 0 Å². The molecule has 0 radical (unpaired) electrons. The lowest BCUT2D eigenvalue weighted by Crippen LogP contribution is -2.67. The van der Waals surface area contributed by atoms with Gasteiger partial charge in [0.05, 0.1) is 11.1 Å². The monoisotopic (exact) mass is 449 g/mol. The summed E-state index contributed by atoms with van der Waals surface area (Å²) in [5.41, 5.74) is 0.333. The topological polar surface area (TPSA) is 135 Å². The third kappa shape index (κ3) is 4.48. The Morgan fingerprint density at radius 2 is 1.44 bits per heavy atom. The molecule has 0 saturated carbocycles. The number of imide groups is 1. The van der Waals surface area contributed by atoms with Gasteiger partial charge in [-0.25, -0.2) is 0 Å². The summed E-state index contributed by atoms with van der Waals surface area (Å²) in [6.07, 6.45) is -5.01. The Labute approximate surface area is 183 Å². The Kier molecular flexibility index (Phi) is 6.90. The van der Waals surface area contributed by atoms with Crippen molar-refractivity contribution < 1.29 is 47.7 Å². The number of methoxy groups -OCH3 is 1. The van der Waals surface area contributed by atoms with Gasteiger partial charge in [-0.05, 0) is 12.1 Å². The molecule has 0 bridgehead atoms. The van der Waals surface area contributed by atoms with E-state index in [-0.39, 0.29) is 17.7 Å². The molecule has 0 spiro atoms. The Bertz CT molecular complexity index is 909. The van der Waals surface area contributed by atoms with Crippen LogP contribution in [0, 0.1) is 0 Å². The molecule has 2 heterocycles. The summed E-state index contributed by atoms with van der Waals surface area (Å²) in [4.78, 5) is 62.1. The maximum absolute atomic E-state index is 13.1. The lowest BCUT2D eigenvalue weighted by molar-refractivity contribution is -0.279. The smallest absolute Gasteiger partial charge is 0.303 e. The van der Waals surface area contributed by atoms with Gasteiger partial charge in [0.2, 0.25) is 0 Å². The van der Waals surface area contributed by atoms with Crippen LogP contribution in [0.1, 0.15) is 41.5 Å². The molecule has 32 heavy (non-hydrogen) atoms. The molecule has 11 nitrogen and oxygen atoms in total. The molecule has 2 amide bonds. The third-order valence-corrected chi connectivity index (χ3v) is 5.03. The van der Waals surface area contributed by atoms with Gasteiger partial charge in [-0.2, -0.15) is 0 Å². The number of ether oxygens (including phenoxy) is 5. The summed E-state index contributed by atoms with van der Waals surface area (Å²) in [6.45, 7) is 3.10. The molecule has 2 aliphatic rings. The van der Waals surface area contributed by atoms with Crippen molar-refractivity contribution in [2.45, 2.75) is 51.4 Å². The van der Waals surface area contributed by atoms with Gasteiger partial charge in [0.1, 0.15) is 18.8 Å². The number of nitrogens with zero attached hydrogens (tertiary/aromatic N) is 1. The average Bonchev–Trinajstić information content (AvgIpc) is 2.98. The number of amides is 2. The van der Waals surface area contributed by atoms with Crippen molar-refractivity contribution in [2.75, 3.05) is 13.7 Å². The van der Waals surface area contributed by atoms with Crippen molar-refractivity contribution in [3.8, 4) is 0 Å². The van der Waals surface area contributed by atoms with Gasteiger partial charge >= 0.3 is 17.9 Å². The van der Waals surface area contributed by atoms with E-state index >= 15 is 0 Å². The zero-order valence-corrected chi connectivity index (χ0v) is 17.9. The van der Waals surface area contributed by atoms with Gasteiger partial charge in [-0.1, -0.05) is 12.1 Å². The van der Waals surface area contributed by atoms with E-state index in [1.165, 1.54) is 26.2 Å². The number of hydrogen-bond acceptors (Lipinski definition) is 10. The second-order valence-electron chi connectivity index (χ2n) is 7.25. The Morgan fingerprint density at radius 1 is 0.906 bits per heavy atom. The number of carbonyl (C=O) groups is 5. The maximum Gasteiger partial charge on any atom is 0.303 e. The van der Waals surface area contributed by atoms with Crippen LogP contribution in [0.3, 0.4) is 0 Å². The number of fused-ring (bicyclic) bond motifs is 1. The first kappa shape index (κ1) is 23.4. The summed E-state index contributed by atoms with van der Waals surface area (Å²) in [7, 11) is 1.27. The molecule has 0 unspecified atom stereocenters. The molecule has 0 N–H and O–H groups in total. The van der Waals surface area contributed by atoms with E-state index in [9.17, 15) is 24.0 Å². The van der Waals surface area contributed by atoms with Crippen LogP contribution in [-0.4, -0.2) is 79.0 Å². The van der Waals surface area contributed by atoms with E-state index in [0.717, 1.165) is 18.7 Å². The van der Waals surface area contributed by atoms with Gasteiger partial charge in [-0.15, -0.1) is 0 Å². The Hall–Kier alpha value is -3.31. The van der Waals surface area contributed by atoms with Crippen molar-refractivity contribution in [3.05, 3.63) is 35.4 Å². The minimum atomic E-state index is -1.35. The van der Waals surface area contributed by atoms with E-state index in [4.69, 9.17) is 23.7 Å². The van der Waals surface area contributed by atoms with Crippen LogP contribution in [0.4, 0.5) is 0 Å². The first-order valence-corrected chi connectivity index (χ1v) is 9.78. The third-order valence-electron chi connectivity index (χ3n) is 5.03. The SMILES string of the molecule is CO[C@H]1O[C@@H](COC(C)=O)[C@H](OC(C)=O)[C@@H](OC(C)=O)[C@@H]1N1C(=O)c2ccccc2C1=O. The molecule has 1 saturated heterocycles. The van der Waals surface area contributed by atoms with Crippen LogP contribution in [0.5, 0.6) is 0 Å². The van der Waals surface area contributed by atoms with Crippen molar-refractivity contribution in [2.24, 2.45) is 0 Å². The largest absolute Gasteiger partial charge is 0.463 e. The summed E-state index contributed by atoms with van der Waals surface area (Å²) in [6, 6.07) is 4.93. The predicted molar refractivity (Wildman–Crippen MR) is 104 cm³/mol. The first-order valence-electron chi connectivity index (χ1n) is 9.78. The molecule has 11 heteroatoms. The maximum atomic E-state index is 13.1. The summed E-state index contributed by atoms with van der Waals surface area (Å²) in [5.74, 6) is -3.38. The van der Waals surface area contributed by atoms with Crippen LogP contribution >= 0.6 is 0 Å².